The van der Waals surface area contributed by atoms with Gasteiger partial charge in [-0.05, 0) is 41.5 Å². The first-order valence-electron chi connectivity index (χ1n) is 8.87. The summed E-state index contributed by atoms with van der Waals surface area (Å²) >= 11 is 3.45. The maximum absolute atomic E-state index is 14.7. The number of halogens is 2. The molecule has 0 radical (unpaired) electrons. The van der Waals surface area contributed by atoms with Gasteiger partial charge in [0.2, 0.25) is 5.91 Å². The van der Waals surface area contributed by atoms with Crippen molar-refractivity contribution in [3.63, 3.8) is 0 Å². The smallest absolute Gasteiger partial charge is 0.414 e. The highest BCUT2D eigenvalue weighted by atomic mass is 79.9. The Kier molecular flexibility index (Phi) is 6.43. The Hall–Kier alpha value is -3.00. The van der Waals surface area contributed by atoms with Crippen molar-refractivity contribution >= 4 is 50.4 Å². The second-order valence-corrected chi connectivity index (χ2v) is 7.38. The number of cyclic esters (lactones) is 1. The lowest BCUT2D eigenvalue weighted by Gasteiger charge is -2.14. The van der Waals surface area contributed by atoms with Crippen LogP contribution < -0.4 is 10.2 Å². The van der Waals surface area contributed by atoms with Gasteiger partial charge in [-0.1, -0.05) is 34.1 Å². The van der Waals surface area contributed by atoms with Gasteiger partial charge in [-0.25, -0.2) is 9.18 Å². The summed E-state index contributed by atoms with van der Waals surface area (Å²) in [7, 11) is 0. The highest BCUT2D eigenvalue weighted by molar-refractivity contribution is 9.15. The number of amides is 2. The van der Waals surface area contributed by atoms with Crippen LogP contribution in [0.15, 0.2) is 42.5 Å². The molecule has 1 fully saturated rings. The molecule has 1 heterocycles. The van der Waals surface area contributed by atoms with Gasteiger partial charge in [0.25, 0.3) is 0 Å². The Morgan fingerprint density at radius 2 is 2.17 bits per heavy atom. The van der Waals surface area contributed by atoms with Crippen molar-refractivity contribution < 1.29 is 18.7 Å². The zero-order chi connectivity index (χ0) is 21.0. The average Bonchev–Trinajstić information content (AvgIpc) is 3.08. The fourth-order valence-electron chi connectivity index (χ4n) is 2.89. The number of benzene rings is 2. The third kappa shape index (κ3) is 5.08. The van der Waals surface area contributed by atoms with Gasteiger partial charge in [0.1, 0.15) is 11.9 Å². The third-order valence-electron chi connectivity index (χ3n) is 4.36. The maximum Gasteiger partial charge on any atom is 0.414 e. The van der Waals surface area contributed by atoms with Crippen LogP contribution >= 0.6 is 15.9 Å². The molecule has 0 bridgehead atoms. The van der Waals surface area contributed by atoms with Gasteiger partial charge in [-0.2, -0.15) is 0 Å². The summed E-state index contributed by atoms with van der Waals surface area (Å²) in [6.45, 7) is 1.83. The quantitative estimate of drug-likeness (QED) is 0.502. The minimum absolute atomic E-state index is 0.210. The molecule has 29 heavy (non-hydrogen) atoms. The van der Waals surface area contributed by atoms with Crippen LogP contribution in [0.4, 0.5) is 14.9 Å². The van der Waals surface area contributed by atoms with Crippen molar-refractivity contribution in [2.24, 2.45) is 0 Å². The second-order valence-electron chi connectivity index (χ2n) is 6.52. The summed E-state index contributed by atoms with van der Waals surface area (Å²) in [5.41, 5.74) is 2.29. The van der Waals surface area contributed by atoms with Crippen LogP contribution in [0.25, 0.3) is 10.6 Å². The van der Waals surface area contributed by atoms with Crippen LogP contribution in [0.3, 0.4) is 0 Å². The molecule has 3 rings (SSSR count). The minimum atomic E-state index is -0.576. The van der Waals surface area contributed by atoms with Gasteiger partial charge in [0.15, 0.2) is 0 Å². The maximum atomic E-state index is 14.7. The van der Waals surface area contributed by atoms with Gasteiger partial charge >= 0.3 is 6.09 Å². The zero-order valence-electron chi connectivity index (χ0n) is 15.6. The second kappa shape index (κ2) is 9.00. The molecular formula is C21H19BrFN3O3. The van der Waals surface area contributed by atoms with E-state index in [0.717, 1.165) is 11.1 Å². The number of nitrogens with one attached hydrogen (secondary N) is 2. The number of hydrogen-bond donors (Lipinski definition) is 2. The topological polar surface area (TPSA) is 82.5 Å². The Balaban J connectivity index is 1.77. The number of hydrogen-bond acceptors (Lipinski definition) is 4. The molecule has 1 aliphatic rings. The van der Waals surface area contributed by atoms with Gasteiger partial charge in [0.05, 0.1) is 18.8 Å². The molecule has 2 aromatic carbocycles. The van der Waals surface area contributed by atoms with Gasteiger partial charge in [-0.3, -0.25) is 9.69 Å². The third-order valence-corrected chi connectivity index (χ3v) is 5.05. The number of anilines is 1. The molecular weight excluding hydrogens is 441 g/mol. The minimum Gasteiger partial charge on any atom is -0.442 e. The molecule has 8 heteroatoms. The van der Waals surface area contributed by atoms with E-state index in [-0.39, 0.29) is 19.0 Å². The zero-order valence-corrected chi connectivity index (χ0v) is 17.2. The van der Waals surface area contributed by atoms with E-state index in [1.54, 1.807) is 24.3 Å². The van der Waals surface area contributed by atoms with Gasteiger partial charge in [-0.15, -0.1) is 0 Å². The first-order valence-corrected chi connectivity index (χ1v) is 9.67. The van der Waals surface area contributed by atoms with Crippen molar-refractivity contribution in [1.29, 1.82) is 5.41 Å². The van der Waals surface area contributed by atoms with E-state index in [2.05, 4.69) is 21.2 Å². The van der Waals surface area contributed by atoms with E-state index >= 15 is 0 Å². The molecule has 1 saturated heterocycles. The van der Waals surface area contributed by atoms with Crippen LogP contribution in [0, 0.1) is 11.2 Å². The molecule has 0 aromatic heterocycles. The van der Waals surface area contributed by atoms with Crippen LogP contribution in [-0.2, 0) is 9.53 Å². The molecule has 6 nitrogen and oxygen atoms in total. The van der Waals surface area contributed by atoms with Crippen LogP contribution in [0.5, 0.6) is 0 Å². The molecule has 2 amide bonds. The lowest BCUT2D eigenvalue weighted by atomic mass is 10.1. The number of carbonyl (C=O) groups excluding carboxylic acids is 2. The SMILES string of the molecule is CC(=O)NC[C@H]1CN(c2ccc(/C=C(\Br)c3cccc(C=N)c3)c(F)c2)C(=O)O1. The van der Waals surface area contributed by atoms with E-state index in [0.29, 0.717) is 15.7 Å². The molecule has 1 atom stereocenters. The fourth-order valence-corrected chi connectivity index (χ4v) is 3.39. The molecule has 0 spiro atoms. The Labute approximate surface area is 176 Å². The summed E-state index contributed by atoms with van der Waals surface area (Å²) in [5.74, 6) is -0.695. The number of carbonyl (C=O) groups is 2. The predicted molar refractivity (Wildman–Crippen MR) is 114 cm³/mol. The number of rotatable bonds is 6. The van der Waals surface area contributed by atoms with Crippen LogP contribution in [0.1, 0.15) is 23.6 Å². The highest BCUT2D eigenvalue weighted by Crippen LogP contribution is 2.28. The normalized spacial score (nSPS) is 16.5. The summed E-state index contributed by atoms with van der Waals surface area (Å²) in [4.78, 5) is 24.4. The van der Waals surface area contributed by atoms with Crippen molar-refractivity contribution in [2.75, 3.05) is 18.0 Å². The van der Waals surface area contributed by atoms with E-state index < -0.39 is 18.0 Å². The Bertz CT molecular complexity index is 993. The number of nitrogens with zero attached hydrogens (tertiary/aromatic N) is 1. The lowest BCUT2D eigenvalue weighted by Crippen LogP contribution is -2.33. The van der Waals surface area contributed by atoms with Gasteiger partial charge < -0.3 is 15.5 Å². The summed E-state index contributed by atoms with van der Waals surface area (Å²) in [6.07, 6.45) is 1.83. The largest absolute Gasteiger partial charge is 0.442 e. The molecule has 150 valence electrons. The molecule has 1 aliphatic heterocycles. The van der Waals surface area contributed by atoms with Crippen molar-refractivity contribution in [1.82, 2.24) is 5.32 Å². The average molecular weight is 460 g/mol. The van der Waals surface area contributed by atoms with Crippen LogP contribution in [-0.4, -0.2) is 37.4 Å². The first-order chi connectivity index (χ1) is 13.9. The summed E-state index contributed by atoms with van der Waals surface area (Å²) < 4.78 is 20.5. The predicted octanol–water partition coefficient (Wildman–Crippen LogP) is 4.18. The van der Waals surface area contributed by atoms with E-state index in [4.69, 9.17) is 10.1 Å². The Morgan fingerprint density at radius 3 is 2.86 bits per heavy atom. The number of ether oxygens (including phenoxy) is 1. The lowest BCUT2D eigenvalue weighted by molar-refractivity contribution is -0.119. The fraction of sp³-hybridized carbons (Fsp3) is 0.190. The Morgan fingerprint density at radius 1 is 1.38 bits per heavy atom. The van der Waals surface area contributed by atoms with E-state index in [9.17, 15) is 14.0 Å². The molecule has 2 aromatic rings. The monoisotopic (exact) mass is 459 g/mol. The van der Waals surface area contributed by atoms with Gasteiger partial charge in [0, 0.05) is 23.2 Å². The van der Waals surface area contributed by atoms with E-state index in [1.807, 2.05) is 18.2 Å². The molecule has 0 unspecified atom stereocenters. The molecule has 2 N–H and O–H groups in total. The molecule has 0 aliphatic carbocycles. The van der Waals surface area contributed by atoms with Crippen molar-refractivity contribution in [3.05, 3.63) is 65.0 Å². The van der Waals surface area contributed by atoms with E-state index in [1.165, 1.54) is 24.1 Å². The van der Waals surface area contributed by atoms with Crippen molar-refractivity contribution in [2.45, 2.75) is 13.0 Å². The highest BCUT2D eigenvalue weighted by Gasteiger charge is 2.32. The summed E-state index contributed by atoms with van der Waals surface area (Å²) in [5, 5.41) is 9.94. The standard InChI is InChI=1S/C21H19BrFN3O3/c1-13(27)25-11-18-12-26(21(28)29-18)17-6-5-16(20(23)9-17)8-19(22)15-4-2-3-14(7-15)10-24/h2-10,18,24H,11-12H2,1H3,(H,25,27)/b19-8-,24-10?/t18-/m0/s1. The molecule has 0 saturated carbocycles. The van der Waals surface area contributed by atoms with Crippen molar-refractivity contribution in [3.8, 4) is 0 Å². The van der Waals surface area contributed by atoms with Crippen LogP contribution in [0.2, 0.25) is 0 Å². The first kappa shape index (κ1) is 20.7. The summed E-state index contributed by atoms with van der Waals surface area (Å²) in [6, 6.07) is 11.8.